The van der Waals surface area contributed by atoms with Gasteiger partial charge in [-0.15, -0.1) is 10.2 Å². The minimum Gasteiger partial charge on any atom is -0.450 e. The SMILES string of the molecule is CCOC(=O)N1C2CCCC1c1cc(N=NC(C)C)nnc1C2. The molecular weight excluding hydrogens is 294 g/mol. The molecule has 1 aromatic rings. The zero-order valence-electron chi connectivity index (χ0n) is 13.9. The number of amides is 1. The van der Waals surface area contributed by atoms with E-state index in [0.29, 0.717) is 12.4 Å². The Morgan fingerprint density at radius 2 is 2.26 bits per heavy atom. The van der Waals surface area contributed by atoms with E-state index < -0.39 is 0 Å². The molecule has 0 radical (unpaired) electrons. The second kappa shape index (κ2) is 6.60. The van der Waals surface area contributed by atoms with Gasteiger partial charge in [0.05, 0.1) is 24.4 Å². The van der Waals surface area contributed by atoms with Gasteiger partial charge in [0, 0.05) is 18.0 Å². The van der Waals surface area contributed by atoms with Gasteiger partial charge in [0.2, 0.25) is 0 Å². The lowest BCUT2D eigenvalue weighted by Gasteiger charge is -2.45. The third kappa shape index (κ3) is 3.18. The number of aromatic nitrogens is 2. The van der Waals surface area contributed by atoms with Crippen molar-refractivity contribution in [1.82, 2.24) is 15.1 Å². The maximum Gasteiger partial charge on any atom is 0.410 e. The van der Waals surface area contributed by atoms with E-state index in [1.54, 1.807) is 0 Å². The Bertz CT molecular complexity index is 616. The Morgan fingerprint density at radius 1 is 1.43 bits per heavy atom. The highest BCUT2D eigenvalue weighted by Crippen LogP contribution is 2.42. The van der Waals surface area contributed by atoms with E-state index >= 15 is 0 Å². The molecule has 7 heteroatoms. The summed E-state index contributed by atoms with van der Waals surface area (Å²) in [4.78, 5) is 14.2. The van der Waals surface area contributed by atoms with E-state index in [1.807, 2.05) is 31.7 Å². The van der Waals surface area contributed by atoms with Gasteiger partial charge in [-0.25, -0.2) is 4.79 Å². The second-order valence-electron chi connectivity index (χ2n) is 6.32. The van der Waals surface area contributed by atoms with E-state index in [0.717, 1.165) is 36.9 Å². The minimum absolute atomic E-state index is 0.0139. The predicted octanol–water partition coefficient (Wildman–Crippen LogP) is 3.58. The van der Waals surface area contributed by atoms with Crippen molar-refractivity contribution in [3.63, 3.8) is 0 Å². The van der Waals surface area contributed by atoms with Crippen LogP contribution in [-0.2, 0) is 11.2 Å². The molecule has 0 aliphatic carbocycles. The molecule has 2 unspecified atom stereocenters. The van der Waals surface area contributed by atoms with Crippen LogP contribution in [0.3, 0.4) is 0 Å². The molecule has 0 saturated carbocycles. The molecule has 0 spiro atoms. The topological polar surface area (TPSA) is 80.0 Å². The molecule has 3 heterocycles. The van der Waals surface area contributed by atoms with Gasteiger partial charge in [0.1, 0.15) is 0 Å². The van der Waals surface area contributed by atoms with Crippen LogP contribution < -0.4 is 0 Å². The van der Waals surface area contributed by atoms with Crippen molar-refractivity contribution in [1.29, 1.82) is 0 Å². The highest BCUT2D eigenvalue weighted by Gasteiger charge is 2.41. The van der Waals surface area contributed by atoms with E-state index in [9.17, 15) is 4.79 Å². The first kappa shape index (κ1) is 15.8. The molecule has 1 aromatic heterocycles. The number of rotatable bonds is 3. The number of hydrogen-bond donors (Lipinski definition) is 0. The van der Waals surface area contributed by atoms with Gasteiger partial charge in [-0.3, -0.25) is 4.90 Å². The molecule has 2 aliphatic heterocycles. The number of hydrogen-bond acceptors (Lipinski definition) is 6. The van der Waals surface area contributed by atoms with Crippen molar-refractivity contribution in [2.45, 2.75) is 64.6 Å². The molecule has 1 fully saturated rings. The number of nitrogens with zero attached hydrogens (tertiary/aromatic N) is 5. The standard InChI is InChI=1S/C16H23N5O2/c1-4-23-16(22)21-11-6-5-7-14(21)12-9-15(19-17-10(2)3)20-18-13(12)8-11/h9-11,14H,4-8H2,1-3H3. The van der Waals surface area contributed by atoms with Crippen molar-refractivity contribution < 1.29 is 9.53 Å². The van der Waals surface area contributed by atoms with Gasteiger partial charge in [-0.2, -0.15) is 10.2 Å². The fourth-order valence-electron chi connectivity index (χ4n) is 3.37. The maximum atomic E-state index is 12.3. The lowest BCUT2D eigenvalue weighted by atomic mass is 9.83. The Balaban J connectivity index is 1.93. The summed E-state index contributed by atoms with van der Waals surface area (Å²) in [6.45, 7) is 6.15. The lowest BCUT2D eigenvalue weighted by Crippen LogP contribution is -2.50. The Labute approximate surface area is 136 Å². The van der Waals surface area contributed by atoms with Gasteiger partial charge >= 0.3 is 6.09 Å². The summed E-state index contributed by atoms with van der Waals surface area (Å²) in [7, 11) is 0. The fraction of sp³-hybridized carbons (Fsp3) is 0.688. The molecular formula is C16H23N5O2. The van der Waals surface area contributed by atoms with Crippen LogP contribution >= 0.6 is 0 Å². The highest BCUT2D eigenvalue weighted by molar-refractivity contribution is 5.69. The van der Waals surface area contributed by atoms with Crippen LogP contribution in [0.4, 0.5) is 10.6 Å². The molecule has 1 saturated heterocycles. The van der Waals surface area contributed by atoms with E-state index in [4.69, 9.17) is 4.74 Å². The fourth-order valence-corrected chi connectivity index (χ4v) is 3.37. The minimum atomic E-state index is -0.227. The first-order valence-corrected chi connectivity index (χ1v) is 8.32. The lowest BCUT2D eigenvalue weighted by molar-refractivity contribution is 0.0403. The molecule has 2 bridgehead atoms. The average Bonchev–Trinajstić information content (AvgIpc) is 2.53. The van der Waals surface area contributed by atoms with Crippen LogP contribution in [0, 0.1) is 0 Å². The zero-order valence-corrected chi connectivity index (χ0v) is 13.9. The van der Waals surface area contributed by atoms with E-state index in [2.05, 4.69) is 20.4 Å². The molecule has 0 aromatic carbocycles. The first-order chi connectivity index (χ1) is 11.1. The van der Waals surface area contributed by atoms with Crippen molar-refractivity contribution in [2.75, 3.05) is 6.61 Å². The van der Waals surface area contributed by atoms with Crippen LogP contribution in [0.1, 0.15) is 57.3 Å². The van der Waals surface area contributed by atoms with Crippen molar-refractivity contribution in [3.05, 3.63) is 17.3 Å². The summed E-state index contributed by atoms with van der Waals surface area (Å²) in [5, 5.41) is 16.8. The largest absolute Gasteiger partial charge is 0.450 e. The molecule has 1 amide bonds. The summed E-state index contributed by atoms with van der Waals surface area (Å²) in [6.07, 6.45) is 3.53. The summed E-state index contributed by atoms with van der Waals surface area (Å²) in [5.41, 5.74) is 2.02. The molecule has 124 valence electrons. The van der Waals surface area contributed by atoms with E-state index in [1.165, 1.54) is 0 Å². The molecule has 7 nitrogen and oxygen atoms in total. The van der Waals surface area contributed by atoms with Crippen LogP contribution in [-0.4, -0.2) is 39.9 Å². The van der Waals surface area contributed by atoms with Gasteiger partial charge in [-0.05, 0) is 46.1 Å². The summed E-state index contributed by atoms with van der Waals surface area (Å²) in [5.74, 6) is 0.505. The number of carbonyl (C=O) groups excluding carboxylic acids is 1. The van der Waals surface area contributed by atoms with Crippen LogP contribution in [0.2, 0.25) is 0 Å². The zero-order chi connectivity index (χ0) is 16.4. The number of carbonyl (C=O) groups is 1. The van der Waals surface area contributed by atoms with Crippen molar-refractivity contribution in [2.24, 2.45) is 10.2 Å². The van der Waals surface area contributed by atoms with Gasteiger partial charge in [0.25, 0.3) is 0 Å². The summed E-state index contributed by atoms with van der Waals surface area (Å²) in [6, 6.07) is 2.22. The number of ether oxygens (including phenoxy) is 1. The van der Waals surface area contributed by atoms with E-state index in [-0.39, 0.29) is 24.2 Å². The molecule has 0 N–H and O–H groups in total. The second-order valence-corrected chi connectivity index (χ2v) is 6.32. The predicted molar refractivity (Wildman–Crippen MR) is 84.6 cm³/mol. The highest BCUT2D eigenvalue weighted by atomic mass is 16.6. The van der Waals surface area contributed by atoms with Gasteiger partial charge < -0.3 is 4.74 Å². The number of piperidine rings is 1. The molecule has 2 atom stereocenters. The monoisotopic (exact) mass is 317 g/mol. The summed E-state index contributed by atoms with van der Waals surface area (Å²) < 4.78 is 5.25. The molecule has 23 heavy (non-hydrogen) atoms. The number of fused-ring (bicyclic) bond motifs is 4. The Hall–Kier alpha value is -2.05. The van der Waals surface area contributed by atoms with Gasteiger partial charge in [-0.1, -0.05) is 0 Å². The smallest absolute Gasteiger partial charge is 0.410 e. The Morgan fingerprint density at radius 3 is 3.00 bits per heavy atom. The van der Waals surface area contributed by atoms with Crippen LogP contribution in [0.5, 0.6) is 0 Å². The summed E-state index contributed by atoms with van der Waals surface area (Å²) >= 11 is 0. The van der Waals surface area contributed by atoms with Crippen molar-refractivity contribution in [3.8, 4) is 0 Å². The third-order valence-corrected chi connectivity index (χ3v) is 4.29. The third-order valence-electron chi connectivity index (χ3n) is 4.29. The molecule has 2 aliphatic rings. The maximum absolute atomic E-state index is 12.3. The Kier molecular flexibility index (Phi) is 4.54. The van der Waals surface area contributed by atoms with Gasteiger partial charge in [0.15, 0.2) is 5.82 Å². The quantitative estimate of drug-likeness (QED) is 0.798. The average molecular weight is 317 g/mol. The van der Waals surface area contributed by atoms with Crippen LogP contribution in [0.25, 0.3) is 0 Å². The molecule has 3 rings (SSSR count). The van der Waals surface area contributed by atoms with Crippen molar-refractivity contribution >= 4 is 11.9 Å². The first-order valence-electron chi connectivity index (χ1n) is 8.32. The number of azo groups is 1. The van der Waals surface area contributed by atoms with Crippen LogP contribution in [0.15, 0.2) is 16.3 Å². The normalized spacial score (nSPS) is 23.2.